The normalized spacial score (nSPS) is 13.9. The molecule has 9 nitrogen and oxygen atoms in total. The van der Waals surface area contributed by atoms with Crippen LogP contribution in [0, 0.1) is 0 Å². The molecule has 0 aliphatic carbocycles. The molecule has 3 heterocycles. The zero-order valence-electron chi connectivity index (χ0n) is 20.4. The third-order valence-corrected chi connectivity index (χ3v) is 6.33. The number of hydrogen-bond donors (Lipinski definition) is 0. The number of aromatic nitrogens is 2. The Morgan fingerprint density at radius 3 is 2.58 bits per heavy atom. The predicted molar refractivity (Wildman–Crippen MR) is 144 cm³/mol. The van der Waals surface area contributed by atoms with Crippen molar-refractivity contribution in [2.24, 2.45) is 5.10 Å². The zero-order valence-corrected chi connectivity index (χ0v) is 20.4. The maximum absolute atomic E-state index is 13.4. The van der Waals surface area contributed by atoms with Gasteiger partial charge < -0.3 is 18.8 Å². The number of ether oxygens (including phenoxy) is 2. The molecule has 1 amide bonds. The van der Waals surface area contributed by atoms with Crippen LogP contribution in [-0.4, -0.2) is 59.6 Å². The number of benzene rings is 3. The number of morpholine rings is 1. The van der Waals surface area contributed by atoms with Crippen LogP contribution in [0.25, 0.3) is 33.5 Å². The summed E-state index contributed by atoms with van der Waals surface area (Å²) in [5.41, 5.74) is 1.70. The van der Waals surface area contributed by atoms with E-state index in [1.165, 1.54) is 4.68 Å². The Hall–Kier alpha value is -4.76. The minimum absolute atomic E-state index is 0.0353. The summed E-state index contributed by atoms with van der Waals surface area (Å²) < 4.78 is 18.2. The van der Waals surface area contributed by atoms with Gasteiger partial charge in [0.1, 0.15) is 11.3 Å². The Labute approximate surface area is 217 Å². The molecule has 0 unspecified atom stereocenters. The van der Waals surface area contributed by atoms with E-state index < -0.39 is 0 Å². The quantitative estimate of drug-likeness (QED) is 0.322. The lowest BCUT2D eigenvalue weighted by atomic mass is 10.2. The lowest BCUT2D eigenvalue weighted by Crippen LogP contribution is -2.42. The highest BCUT2D eigenvalue weighted by atomic mass is 16.5. The SMILES string of the molecule is O=C(COc1ccc(C=Nn2c(-c3cc4ccccc4o3)nc3ccccc3c2=O)cc1)N1CCOCC1. The minimum atomic E-state index is -0.302. The number of rotatable bonds is 6. The van der Waals surface area contributed by atoms with Gasteiger partial charge in [-0.2, -0.15) is 9.78 Å². The molecule has 0 bridgehead atoms. The van der Waals surface area contributed by atoms with E-state index in [2.05, 4.69) is 5.10 Å². The molecule has 5 aromatic rings. The van der Waals surface area contributed by atoms with Crippen LogP contribution < -0.4 is 10.3 Å². The van der Waals surface area contributed by atoms with Gasteiger partial charge in [-0.05, 0) is 54.1 Å². The molecule has 3 aromatic carbocycles. The van der Waals surface area contributed by atoms with Crippen LogP contribution in [0.2, 0.25) is 0 Å². The Morgan fingerprint density at radius 2 is 1.76 bits per heavy atom. The van der Waals surface area contributed by atoms with Crippen molar-refractivity contribution in [3.05, 3.63) is 94.8 Å². The first kappa shape index (κ1) is 23.6. The maximum atomic E-state index is 13.4. The number of amides is 1. The number of nitrogens with zero attached hydrogens (tertiary/aromatic N) is 4. The summed E-state index contributed by atoms with van der Waals surface area (Å²) in [6.45, 7) is 2.22. The monoisotopic (exact) mass is 508 g/mol. The highest BCUT2D eigenvalue weighted by Gasteiger charge is 2.18. The molecule has 1 saturated heterocycles. The van der Waals surface area contributed by atoms with Gasteiger partial charge in [-0.3, -0.25) is 9.59 Å². The summed E-state index contributed by atoms with van der Waals surface area (Å²) in [6, 6.07) is 23.7. The lowest BCUT2D eigenvalue weighted by molar-refractivity contribution is -0.137. The van der Waals surface area contributed by atoms with Gasteiger partial charge in [0.25, 0.3) is 11.5 Å². The molecule has 1 fully saturated rings. The number of furan rings is 1. The molecule has 0 radical (unpaired) electrons. The molecule has 1 aliphatic heterocycles. The van der Waals surface area contributed by atoms with Crippen molar-refractivity contribution in [2.45, 2.75) is 0 Å². The van der Waals surface area contributed by atoms with Gasteiger partial charge in [-0.15, -0.1) is 0 Å². The summed E-state index contributed by atoms with van der Waals surface area (Å²) in [4.78, 5) is 32.1. The van der Waals surface area contributed by atoms with Gasteiger partial charge in [0.05, 0.1) is 30.3 Å². The van der Waals surface area contributed by atoms with E-state index >= 15 is 0 Å². The number of hydrogen-bond acceptors (Lipinski definition) is 7. The highest BCUT2D eigenvalue weighted by molar-refractivity contribution is 5.85. The van der Waals surface area contributed by atoms with Crippen molar-refractivity contribution < 1.29 is 18.7 Å². The maximum Gasteiger partial charge on any atom is 0.282 e. The molecule has 0 atom stereocenters. The van der Waals surface area contributed by atoms with E-state index in [4.69, 9.17) is 18.9 Å². The van der Waals surface area contributed by atoms with Crippen molar-refractivity contribution in [3.63, 3.8) is 0 Å². The fourth-order valence-electron chi connectivity index (χ4n) is 4.31. The van der Waals surface area contributed by atoms with Crippen LogP contribution in [0.5, 0.6) is 5.75 Å². The average molecular weight is 509 g/mol. The second-order valence-corrected chi connectivity index (χ2v) is 8.81. The molecule has 1 aliphatic rings. The number of para-hydroxylation sites is 2. The fourth-order valence-corrected chi connectivity index (χ4v) is 4.31. The minimum Gasteiger partial charge on any atom is -0.484 e. The lowest BCUT2D eigenvalue weighted by Gasteiger charge is -2.26. The van der Waals surface area contributed by atoms with Gasteiger partial charge >= 0.3 is 0 Å². The second-order valence-electron chi connectivity index (χ2n) is 8.81. The predicted octanol–water partition coefficient (Wildman–Crippen LogP) is 3.93. The van der Waals surface area contributed by atoms with Crippen LogP contribution in [0.1, 0.15) is 5.56 Å². The number of carbonyl (C=O) groups excluding carboxylic acids is 1. The summed E-state index contributed by atoms with van der Waals surface area (Å²) in [7, 11) is 0. The van der Waals surface area contributed by atoms with Crippen LogP contribution in [0.3, 0.4) is 0 Å². The largest absolute Gasteiger partial charge is 0.484 e. The summed E-state index contributed by atoms with van der Waals surface area (Å²) in [5, 5.41) is 5.84. The van der Waals surface area contributed by atoms with Gasteiger partial charge in [0.15, 0.2) is 12.4 Å². The van der Waals surface area contributed by atoms with Gasteiger partial charge in [-0.1, -0.05) is 30.3 Å². The standard InChI is InChI=1S/C29H24N4O5/c34-27(32-13-15-36-16-14-32)19-37-22-11-9-20(10-12-22)18-30-33-28(26-17-21-5-1-4-8-25(21)38-26)31-24-7-3-2-6-23(24)29(33)35/h1-12,17-18H,13-16,19H2. The van der Waals surface area contributed by atoms with Crippen molar-refractivity contribution in [1.29, 1.82) is 0 Å². The molecule has 2 aromatic heterocycles. The van der Waals surface area contributed by atoms with Crippen LogP contribution in [-0.2, 0) is 9.53 Å². The Balaban J connectivity index is 1.27. The van der Waals surface area contributed by atoms with Crippen molar-refractivity contribution in [3.8, 4) is 17.3 Å². The molecular weight excluding hydrogens is 484 g/mol. The van der Waals surface area contributed by atoms with E-state index in [-0.39, 0.29) is 18.1 Å². The number of fused-ring (bicyclic) bond motifs is 2. The Bertz CT molecular complexity index is 1670. The van der Waals surface area contributed by atoms with Crippen molar-refractivity contribution >= 4 is 34.0 Å². The Kier molecular flexibility index (Phi) is 6.41. The summed E-state index contributed by atoms with van der Waals surface area (Å²) >= 11 is 0. The van der Waals surface area contributed by atoms with E-state index in [1.807, 2.05) is 36.4 Å². The first-order valence-electron chi connectivity index (χ1n) is 12.3. The summed E-state index contributed by atoms with van der Waals surface area (Å²) in [5.74, 6) is 1.25. The van der Waals surface area contributed by atoms with Crippen molar-refractivity contribution in [2.75, 3.05) is 32.9 Å². The zero-order chi connectivity index (χ0) is 25.9. The molecule has 6 rings (SSSR count). The molecular formula is C29H24N4O5. The average Bonchev–Trinajstić information content (AvgIpc) is 3.41. The molecule has 0 N–H and O–H groups in total. The van der Waals surface area contributed by atoms with Gasteiger partial charge in [0.2, 0.25) is 5.82 Å². The first-order chi connectivity index (χ1) is 18.7. The number of carbonyl (C=O) groups is 1. The third kappa shape index (κ3) is 4.79. The highest BCUT2D eigenvalue weighted by Crippen LogP contribution is 2.27. The van der Waals surface area contributed by atoms with Crippen LogP contribution in [0.4, 0.5) is 0 Å². The van der Waals surface area contributed by atoms with Crippen molar-refractivity contribution in [1.82, 2.24) is 14.6 Å². The van der Waals surface area contributed by atoms with Crippen LogP contribution >= 0.6 is 0 Å². The Morgan fingerprint density at radius 1 is 1.00 bits per heavy atom. The van der Waals surface area contributed by atoms with E-state index in [0.29, 0.717) is 60.1 Å². The van der Waals surface area contributed by atoms with E-state index in [9.17, 15) is 9.59 Å². The van der Waals surface area contributed by atoms with E-state index in [1.54, 1.807) is 53.6 Å². The topological polar surface area (TPSA) is 99.2 Å². The molecule has 9 heteroatoms. The second kappa shape index (κ2) is 10.3. The first-order valence-corrected chi connectivity index (χ1v) is 12.3. The van der Waals surface area contributed by atoms with Gasteiger partial charge in [-0.25, -0.2) is 4.98 Å². The van der Waals surface area contributed by atoms with Crippen LogP contribution in [0.15, 0.2) is 93.2 Å². The molecule has 190 valence electrons. The third-order valence-electron chi connectivity index (χ3n) is 6.33. The molecule has 38 heavy (non-hydrogen) atoms. The molecule has 0 saturated carbocycles. The summed E-state index contributed by atoms with van der Waals surface area (Å²) in [6.07, 6.45) is 1.58. The van der Waals surface area contributed by atoms with E-state index in [0.717, 1.165) is 10.9 Å². The van der Waals surface area contributed by atoms with Gasteiger partial charge in [0, 0.05) is 18.5 Å². The fraction of sp³-hybridized carbons (Fsp3) is 0.172. The molecule has 0 spiro atoms. The smallest absolute Gasteiger partial charge is 0.282 e.